The van der Waals surface area contributed by atoms with E-state index in [-0.39, 0.29) is 11.9 Å². The highest BCUT2D eigenvalue weighted by Crippen LogP contribution is 2.34. The minimum atomic E-state index is -0.0202. The van der Waals surface area contributed by atoms with Gasteiger partial charge in [-0.3, -0.25) is 4.79 Å². The molecule has 1 heterocycles. The molecule has 0 bridgehead atoms. The zero-order valence-corrected chi connectivity index (χ0v) is 16.2. The number of amides is 1. The molecule has 0 saturated heterocycles. The van der Waals surface area contributed by atoms with Crippen LogP contribution in [0.1, 0.15) is 30.0 Å². The molecule has 0 radical (unpaired) electrons. The number of aryl methyl sites for hydroxylation is 1. The van der Waals surface area contributed by atoms with Gasteiger partial charge < -0.3 is 14.8 Å². The molecule has 4 nitrogen and oxygen atoms in total. The van der Waals surface area contributed by atoms with Gasteiger partial charge in [-0.2, -0.15) is 0 Å². The van der Waals surface area contributed by atoms with Gasteiger partial charge in [0.05, 0.1) is 24.8 Å². The molecule has 0 spiro atoms. The van der Waals surface area contributed by atoms with Crippen molar-refractivity contribution in [3.63, 3.8) is 0 Å². The van der Waals surface area contributed by atoms with Crippen molar-refractivity contribution < 1.29 is 14.3 Å². The fourth-order valence-corrected chi connectivity index (χ4v) is 3.56. The standard InChI is InChI=1S/C19H19BrClNO3/c1-24-18-5-2-12(10-15(18)21)3-7-19(23)22-16-8-9-25-17-6-4-13(20)11-14(16)17/h2,4-6,10-11,16H,3,7-9H2,1H3,(H,22,23). The molecule has 0 saturated carbocycles. The molecule has 1 aliphatic heterocycles. The number of halogens is 2. The van der Waals surface area contributed by atoms with Gasteiger partial charge in [0.2, 0.25) is 5.91 Å². The number of benzene rings is 2. The maximum Gasteiger partial charge on any atom is 0.220 e. The molecule has 0 fully saturated rings. The van der Waals surface area contributed by atoms with Crippen LogP contribution in [-0.4, -0.2) is 19.6 Å². The maximum atomic E-state index is 12.4. The molecule has 0 aromatic heterocycles. The summed E-state index contributed by atoms with van der Waals surface area (Å²) >= 11 is 9.60. The fourth-order valence-electron chi connectivity index (χ4n) is 2.90. The Balaban J connectivity index is 1.60. The molecule has 1 amide bonds. The van der Waals surface area contributed by atoms with Crippen molar-refractivity contribution in [2.75, 3.05) is 13.7 Å². The van der Waals surface area contributed by atoms with Crippen LogP contribution in [0, 0.1) is 0 Å². The smallest absolute Gasteiger partial charge is 0.220 e. The summed E-state index contributed by atoms with van der Waals surface area (Å²) < 4.78 is 11.8. The third-order valence-corrected chi connectivity index (χ3v) is 4.99. The first-order chi connectivity index (χ1) is 12.1. The first-order valence-electron chi connectivity index (χ1n) is 8.11. The largest absolute Gasteiger partial charge is 0.495 e. The van der Waals surface area contributed by atoms with Gasteiger partial charge in [-0.15, -0.1) is 0 Å². The molecule has 132 valence electrons. The van der Waals surface area contributed by atoms with E-state index in [2.05, 4.69) is 21.2 Å². The Hall–Kier alpha value is -1.72. The van der Waals surface area contributed by atoms with Crippen LogP contribution in [0.25, 0.3) is 0 Å². The predicted octanol–water partition coefficient (Wildman–Crippen LogP) is 4.68. The minimum Gasteiger partial charge on any atom is -0.495 e. The van der Waals surface area contributed by atoms with Crippen molar-refractivity contribution in [1.82, 2.24) is 5.32 Å². The number of methoxy groups -OCH3 is 1. The predicted molar refractivity (Wildman–Crippen MR) is 101 cm³/mol. The van der Waals surface area contributed by atoms with E-state index in [4.69, 9.17) is 21.1 Å². The van der Waals surface area contributed by atoms with Gasteiger partial charge in [0.25, 0.3) is 0 Å². The van der Waals surface area contributed by atoms with Crippen LogP contribution in [0.3, 0.4) is 0 Å². The van der Waals surface area contributed by atoms with E-state index in [9.17, 15) is 4.79 Å². The van der Waals surface area contributed by atoms with Gasteiger partial charge in [-0.1, -0.05) is 33.6 Å². The molecule has 3 rings (SSSR count). The monoisotopic (exact) mass is 423 g/mol. The average Bonchev–Trinajstić information content (AvgIpc) is 2.60. The maximum absolute atomic E-state index is 12.4. The summed E-state index contributed by atoms with van der Waals surface area (Å²) in [5.41, 5.74) is 2.03. The highest BCUT2D eigenvalue weighted by molar-refractivity contribution is 9.10. The third-order valence-electron chi connectivity index (χ3n) is 4.20. The van der Waals surface area contributed by atoms with Crippen LogP contribution in [0.15, 0.2) is 40.9 Å². The number of rotatable bonds is 5. The van der Waals surface area contributed by atoms with Gasteiger partial charge in [0, 0.05) is 22.9 Å². The van der Waals surface area contributed by atoms with Crippen LogP contribution >= 0.6 is 27.5 Å². The first-order valence-corrected chi connectivity index (χ1v) is 9.28. The minimum absolute atomic E-state index is 0.0183. The summed E-state index contributed by atoms with van der Waals surface area (Å²) in [4.78, 5) is 12.4. The van der Waals surface area contributed by atoms with Crippen molar-refractivity contribution in [2.24, 2.45) is 0 Å². The lowest BCUT2D eigenvalue weighted by Gasteiger charge is -2.27. The van der Waals surface area contributed by atoms with Crippen LogP contribution in [0.5, 0.6) is 11.5 Å². The van der Waals surface area contributed by atoms with Gasteiger partial charge in [-0.05, 0) is 42.3 Å². The van der Waals surface area contributed by atoms with E-state index in [0.717, 1.165) is 27.8 Å². The molecular weight excluding hydrogens is 406 g/mol. The van der Waals surface area contributed by atoms with Gasteiger partial charge in [0.15, 0.2) is 0 Å². The zero-order valence-electron chi connectivity index (χ0n) is 13.9. The van der Waals surface area contributed by atoms with E-state index in [1.807, 2.05) is 36.4 Å². The van der Waals surface area contributed by atoms with Gasteiger partial charge >= 0.3 is 0 Å². The Morgan fingerprint density at radius 1 is 1.36 bits per heavy atom. The number of carbonyl (C=O) groups excluding carboxylic acids is 1. The molecular formula is C19H19BrClNO3. The molecule has 25 heavy (non-hydrogen) atoms. The lowest BCUT2D eigenvalue weighted by atomic mass is 10.00. The van der Waals surface area contributed by atoms with Crippen LogP contribution < -0.4 is 14.8 Å². The summed E-state index contributed by atoms with van der Waals surface area (Å²) in [7, 11) is 1.58. The third kappa shape index (κ3) is 4.47. The summed E-state index contributed by atoms with van der Waals surface area (Å²) in [6.07, 6.45) is 1.80. The molecule has 1 N–H and O–H groups in total. The molecule has 1 unspecified atom stereocenters. The Bertz CT molecular complexity index is 781. The first kappa shape index (κ1) is 18.1. The SMILES string of the molecule is COc1ccc(CCC(=O)NC2CCOc3ccc(Br)cc32)cc1Cl. The van der Waals surface area contributed by atoms with Gasteiger partial charge in [-0.25, -0.2) is 0 Å². The topological polar surface area (TPSA) is 47.6 Å². The lowest BCUT2D eigenvalue weighted by Crippen LogP contribution is -2.32. The Morgan fingerprint density at radius 3 is 2.96 bits per heavy atom. The van der Waals surface area contributed by atoms with E-state index < -0.39 is 0 Å². The van der Waals surface area contributed by atoms with Crippen LogP contribution in [-0.2, 0) is 11.2 Å². The van der Waals surface area contributed by atoms with Crippen molar-refractivity contribution in [2.45, 2.75) is 25.3 Å². The highest BCUT2D eigenvalue weighted by atomic mass is 79.9. The van der Waals surface area contributed by atoms with Crippen LogP contribution in [0.4, 0.5) is 0 Å². The Labute approximate surface area is 160 Å². The van der Waals surface area contributed by atoms with E-state index >= 15 is 0 Å². The second-order valence-electron chi connectivity index (χ2n) is 5.91. The Kier molecular flexibility index (Phi) is 5.86. The summed E-state index contributed by atoms with van der Waals surface area (Å²) in [5.74, 6) is 1.49. The highest BCUT2D eigenvalue weighted by Gasteiger charge is 2.23. The lowest BCUT2D eigenvalue weighted by molar-refractivity contribution is -0.122. The molecule has 1 aliphatic rings. The van der Waals surface area contributed by atoms with Gasteiger partial charge in [0.1, 0.15) is 11.5 Å². The normalized spacial score (nSPS) is 15.9. The summed E-state index contributed by atoms with van der Waals surface area (Å²) in [5, 5.41) is 3.67. The second-order valence-corrected chi connectivity index (χ2v) is 7.23. The van der Waals surface area contributed by atoms with E-state index in [0.29, 0.717) is 30.2 Å². The quantitative estimate of drug-likeness (QED) is 0.758. The molecule has 2 aromatic carbocycles. The molecule has 6 heteroatoms. The number of nitrogens with one attached hydrogen (secondary N) is 1. The van der Waals surface area contributed by atoms with Crippen molar-refractivity contribution in [1.29, 1.82) is 0 Å². The average molecular weight is 425 g/mol. The number of carbonyl (C=O) groups is 1. The zero-order chi connectivity index (χ0) is 17.8. The van der Waals surface area contributed by atoms with E-state index in [1.54, 1.807) is 7.11 Å². The van der Waals surface area contributed by atoms with Crippen molar-refractivity contribution >= 4 is 33.4 Å². The number of fused-ring (bicyclic) bond motifs is 1. The molecule has 2 aromatic rings. The van der Waals surface area contributed by atoms with Crippen molar-refractivity contribution in [3.05, 3.63) is 57.0 Å². The second kappa shape index (κ2) is 8.11. The Morgan fingerprint density at radius 2 is 2.20 bits per heavy atom. The summed E-state index contributed by atoms with van der Waals surface area (Å²) in [6.45, 7) is 0.605. The van der Waals surface area contributed by atoms with Crippen LogP contribution in [0.2, 0.25) is 5.02 Å². The van der Waals surface area contributed by atoms with E-state index in [1.165, 1.54) is 0 Å². The molecule has 0 aliphatic carbocycles. The number of hydrogen-bond acceptors (Lipinski definition) is 3. The fraction of sp³-hybridized carbons (Fsp3) is 0.316. The summed E-state index contributed by atoms with van der Waals surface area (Å²) in [6, 6.07) is 11.4. The van der Waals surface area contributed by atoms with Crippen molar-refractivity contribution in [3.8, 4) is 11.5 Å². The number of ether oxygens (including phenoxy) is 2. The molecule has 1 atom stereocenters. The number of hydrogen-bond donors (Lipinski definition) is 1.